The summed E-state index contributed by atoms with van der Waals surface area (Å²) in [6.07, 6.45) is 0.213. The molecule has 10 heteroatoms. The second kappa shape index (κ2) is 14.3. The van der Waals surface area contributed by atoms with E-state index in [1.165, 1.54) is 23.1 Å². The van der Waals surface area contributed by atoms with Crippen molar-refractivity contribution in [3.63, 3.8) is 0 Å². The van der Waals surface area contributed by atoms with Gasteiger partial charge >= 0.3 is 0 Å². The molecule has 0 spiro atoms. The Morgan fingerprint density at radius 2 is 1.39 bits per heavy atom. The van der Waals surface area contributed by atoms with Crippen LogP contribution in [-0.2, 0) is 32.6 Å². The van der Waals surface area contributed by atoms with Crippen LogP contribution in [0.4, 0.5) is 5.69 Å². The fraction of sp³-hybridized carbons (Fsp3) is 0.235. The maximum atomic E-state index is 14.4. The van der Waals surface area contributed by atoms with E-state index in [2.05, 4.69) is 5.32 Å². The number of sulfonamides is 1. The first kappa shape index (κ1) is 33.1. The Balaban J connectivity index is 1.81. The molecule has 0 aromatic heterocycles. The number of nitrogens with one attached hydrogen (secondary N) is 1. The molecule has 0 saturated carbocycles. The lowest BCUT2D eigenvalue weighted by Gasteiger charge is -2.35. The molecule has 0 saturated heterocycles. The van der Waals surface area contributed by atoms with E-state index >= 15 is 0 Å². The molecule has 1 atom stereocenters. The first-order valence-electron chi connectivity index (χ1n) is 14.1. The average molecular weight is 653 g/mol. The summed E-state index contributed by atoms with van der Waals surface area (Å²) >= 11 is 12.4. The lowest BCUT2D eigenvalue weighted by atomic mass is 10.0. The summed E-state index contributed by atoms with van der Waals surface area (Å²) in [6, 6.07) is 29.6. The number of rotatable bonds is 11. The van der Waals surface area contributed by atoms with E-state index in [1.807, 2.05) is 51.1 Å². The summed E-state index contributed by atoms with van der Waals surface area (Å²) in [5, 5.41) is 3.85. The van der Waals surface area contributed by atoms with Crippen LogP contribution in [0.2, 0.25) is 10.0 Å². The van der Waals surface area contributed by atoms with Crippen LogP contribution in [0, 0.1) is 0 Å². The van der Waals surface area contributed by atoms with Gasteiger partial charge in [-0.3, -0.25) is 13.9 Å². The molecule has 0 aliphatic carbocycles. The number of hydrogen-bond acceptors (Lipinski definition) is 4. The molecule has 2 amide bonds. The topological polar surface area (TPSA) is 86.8 Å². The third kappa shape index (κ3) is 8.85. The minimum atomic E-state index is -4.20. The van der Waals surface area contributed by atoms with Gasteiger partial charge in [-0.25, -0.2) is 8.42 Å². The van der Waals surface area contributed by atoms with Crippen molar-refractivity contribution >= 4 is 50.7 Å². The van der Waals surface area contributed by atoms with Gasteiger partial charge in [-0.15, -0.1) is 0 Å². The zero-order chi connectivity index (χ0) is 31.9. The third-order valence-electron chi connectivity index (χ3n) is 6.74. The van der Waals surface area contributed by atoms with Crippen molar-refractivity contribution in [2.24, 2.45) is 0 Å². The van der Waals surface area contributed by atoms with E-state index in [1.54, 1.807) is 60.7 Å². The lowest BCUT2D eigenvalue weighted by molar-refractivity contribution is -0.140. The second-order valence-corrected chi connectivity index (χ2v) is 14.1. The van der Waals surface area contributed by atoms with Gasteiger partial charge in [-0.1, -0.05) is 89.9 Å². The van der Waals surface area contributed by atoms with E-state index in [9.17, 15) is 18.0 Å². The van der Waals surface area contributed by atoms with Gasteiger partial charge in [0.15, 0.2) is 0 Å². The largest absolute Gasteiger partial charge is 0.350 e. The summed E-state index contributed by atoms with van der Waals surface area (Å²) in [5.74, 6) is -0.923. The van der Waals surface area contributed by atoms with Crippen molar-refractivity contribution in [3.05, 3.63) is 130 Å². The van der Waals surface area contributed by atoms with Crippen molar-refractivity contribution in [2.75, 3.05) is 10.8 Å². The average Bonchev–Trinajstić information content (AvgIpc) is 2.98. The Hall–Kier alpha value is -3.85. The summed E-state index contributed by atoms with van der Waals surface area (Å²) in [7, 11) is -4.20. The van der Waals surface area contributed by atoms with Gasteiger partial charge in [0.05, 0.1) is 10.6 Å². The number of benzene rings is 4. The molecule has 4 aromatic carbocycles. The van der Waals surface area contributed by atoms with E-state index < -0.39 is 34.1 Å². The van der Waals surface area contributed by atoms with Crippen LogP contribution in [-0.4, -0.2) is 43.3 Å². The predicted molar refractivity (Wildman–Crippen MR) is 176 cm³/mol. The third-order valence-corrected chi connectivity index (χ3v) is 9.02. The van der Waals surface area contributed by atoms with Crippen LogP contribution in [0.25, 0.3) is 0 Å². The Labute approximate surface area is 269 Å². The Morgan fingerprint density at radius 3 is 1.98 bits per heavy atom. The van der Waals surface area contributed by atoms with Crippen LogP contribution >= 0.6 is 23.2 Å². The van der Waals surface area contributed by atoms with Crippen LogP contribution in [0.15, 0.2) is 114 Å². The van der Waals surface area contributed by atoms with Crippen LogP contribution in [0.3, 0.4) is 0 Å². The fourth-order valence-corrected chi connectivity index (χ4v) is 6.41. The smallest absolute Gasteiger partial charge is 0.264 e. The monoisotopic (exact) mass is 651 g/mol. The van der Waals surface area contributed by atoms with Crippen LogP contribution in [0.1, 0.15) is 31.9 Å². The SMILES string of the molecule is CC(C)(C)NC(=O)[C@@H](Cc1ccccc1)N(Cc1ccc(Cl)cc1)C(=O)CN(c1cccc(Cl)c1)S(=O)(=O)c1ccccc1. The van der Waals surface area contributed by atoms with Gasteiger partial charge in [-0.2, -0.15) is 0 Å². The quantitative estimate of drug-likeness (QED) is 0.194. The maximum Gasteiger partial charge on any atom is 0.264 e. The zero-order valence-electron chi connectivity index (χ0n) is 24.8. The lowest BCUT2D eigenvalue weighted by Crippen LogP contribution is -2.56. The number of carbonyl (C=O) groups is 2. The van der Waals surface area contributed by atoms with Gasteiger partial charge in [0, 0.05) is 28.5 Å². The van der Waals surface area contributed by atoms with E-state index in [4.69, 9.17) is 23.2 Å². The highest BCUT2D eigenvalue weighted by atomic mass is 35.5. The number of nitrogens with zero attached hydrogens (tertiary/aromatic N) is 2. The number of carbonyl (C=O) groups excluding carboxylic acids is 2. The maximum absolute atomic E-state index is 14.4. The van der Waals surface area contributed by atoms with Crippen molar-refractivity contribution in [2.45, 2.75) is 50.2 Å². The second-order valence-electron chi connectivity index (χ2n) is 11.4. The molecule has 4 rings (SSSR count). The molecule has 230 valence electrons. The first-order chi connectivity index (χ1) is 20.8. The molecule has 0 aliphatic rings. The van der Waals surface area contributed by atoms with Gasteiger partial charge in [-0.05, 0) is 74.4 Å². The highest BCUT2D eigenvalue weighted by molar-refractivity contribution is 7.92. The van der Waals surface area contributed by atoms with Crippen molar-refractivity contribution < 1.29 is 18.0 Å². The Morgan fingerprint density at radius 1 is 0.773 bits per heavy atom. The molecule has 7 nitrogen and oxygen atoms in total. The summed E-state index contributed by atoms with van der Waals surface area (Å²) in [6.45, 7) is 5.06. The highest BCUT2D eigenvalue weighted by Gasteiger charge is 2.35. The van der Waals surface area contributed by atoms with Gasteiger partial charge in [0.1, 0.15) is 12.6 Å². The fourth-order valence-electron chi connectivity index (χ4n) is 4.67. The molecular formula is C34H35Cl2N3O4S. The highest BCUT2D eigenvalue weighted by Crippen LogP contribution is 2.27. The molecule has 0 bridgehead atoms. The van der Waals surface area contributed by atoms with Gasteiger partial charge < -0.3 is 10.2 Å². The minimum Gasteiger partial charge on any atom is -0.350 e. The standard InChI is InChI=1S/C34H35Cl2N3O4S/c1-34(2,3)37-33(41)31(21-25-11-6-4-7-12-25)38(23-26-17-19-27(35)20-18-26)32(40)24-39(29-14-10-13-28(36)22-29)44(42,43)30-15-8-5-9-16-30/h4-20,22,31H,21,23-24H2,1-3H3,(H,37,41)/t31-/m1/s1. The molecule has 0 radical (unpaired) electrons. The summed E-state index contributed by atoms with van der Waals surface area (Å²) < 4.78 is 29.0. The predicted octanol–water partition coefficient (Wildman–Crippen LogP) is 6.74. The normalized spacial score (nSPS) is 12.3. The minimum absolute atomic E-state index is 0.0170. The summed E-state index contributed by atoms with van der Waals surface area (Å²) in [5.41, 5.74) is 1.22. The molecule has 0 unspecified atom stereocenters. The molecule has 0 fully saturated rings. The van der Waals surface area contributed by atoms with Crippen molar-refractivity contribution in [3.8, 4) is 0 Å². The number of anilines is 1. The number of amides is 2. The first-order valence-corrected chi connectivity index (χ1v) is 16.3. The van der Waals surface area contributed by atoms with Gasteiger partial charge in [0.2, 0.25) is 11.8 Å². The summed E-state index contributed by atoms with van der Waals surface area (Å²) in [4.78, 5) is 29.8. The van der Waals surface area contributed by atoms with Crippen molar-refractivity contribution in [1.82, 2.24) is 10.2 Å². The molecule has 44 heavy (non-hydrogen) atoms. The van der Waals surface area contributed by atoms with E-state index in [-0.39, 0.29) is 29.5 Å². The van der Waals surface area contributed by atoms with E-state index in [0.29, 0.717) is 10.0 Å². The van der Waals surface area contributed by atoms with Crippen molar-refractivity contribution in [1.29, 1.82) is 0 Å². The van der Waals surface area contributed by atoms with Crippen LogP contribution < -0.4 is 9.62 Å². The molecular weight excluding hydrogens is 617 g/mol. The molecule has 0 heterocycles. The van der Waals surface area contributed by atoms with Gasteiger partial charge in [0.25, 0.3) is 10.0 Å². The number of hydrogen-bond donors (Lipinski definition) is 1. The Kier molecular flexibility index (Phi) is 10.7. The van der Waals surface area contributed by atoms with Crippen LogP contribution in [0.5, 0.6) is 0 Å². The molecule has 4 aromatic rings. The number of halogens is 2. The zero-order valence-corrected chi connectivity index (χ0v) is 27.1. The Bertz CT molecular complexity index is 1680. The molecule has 0 aliphatic heterocycles. The molecule has 1 N–H and O–H groups in total. The van der Waals surface area contributed by atoms with E-state index in [0.717, 1.165) is 15.4 Å².